The fourth-order valence-electron chi connectivity index (χ4n) is 1.11. The average molecular weight is 198 g/mol. The van der Waals surface area contributed by atoms with Crippen molar-refractivity contribution in [2.75, 3.05) is 38.7 Å². The van der Waals surface area contributed by atoms with Gasteiger partial charge in [0.15, 0.2) is 0 Å². The van der Waals surface area contributed by atoms with Gasteiger partial charge in [0.1, 0.15) is 0 Å². The SMILES string of the molecule is COCCNCCNc1cnn(C)c1. The second-order valence-electron chi connectivity index (χ2n) is 3.07. The van der Waals surface area contributed by atoms with Crippen molar-refractivity contribution in [2.24, 2.45) is 7.05 Å². The first-order valence-corrected chi connectivity index (χ1v) is 4.75. The lowest BCUT2D eigenvalue weighted by atomic mass is 10.5. The molecule has 1 rings (SSSR count). The first kappa shape index (κ1) is 11.0. The van der Waals surface area contributed by atoms with E-state index in [1.54, 1.807) is 11.8 Å². The van der Waals surface area contributed by atoms with E-state index in [1.165, 1.54) is 0 Å². The molecule has 5 nitrogen and oxygen atoms in total. The number of hydrogen-bond donors (Lipinski definition) is 2. The highest BCUT2D eigenvalue weighted by Crippen LogP contribution is 2.01. The molecular formula is C9H18N4O. The second kappa shape index (κ2) is 6.39. The zero-order valence-corrected chi connectivity index (χ0v) is 8.79. The van der Waals surface area contributed by atoms with Gasteiger partial charge in [-0.3, -0.25) is 4.68 Å². The Labute approximate surface area is 84.4 Å². The standard InChI is InChI=1S/C9H18N4O/c1-13-8-9(7-12-13)11-4-3-10-5-6-14-2/h7-8,10-11H,3-6H2,1-2H3. The molecule has 0 atom stereocenters. The molecule has 0 spiro atoms. The maximum absolute atomic E-state index is 4.91. The zero-order chi connectivity index (χ0) is 10.2. The molecule has 14 heavy (non-hydrogen) atoms. The van der Waals surface area contributed by atoms with Gasteiger partial charge < -0.3 is 15.4 Å². The number of aromatic nitrogens is 2. The van der Waals surface area contributed by atoms with E-state index in [4.69, 9.17) is 4.74 Å². The highest BCUT2D eigenvalue weighted by atomic mass is 16.5. The lowest BCUT2D eigenvalue weighted by molar-refractivity contribution is 0.200. The van der Waals surface area contributed by atoms with Crippen molar-refractivity contribution in [1.29, 1.82) is 0 Å². The molecule has 1 aromatic rings. The molecule has 0 radical (unpaired) electrons. The van der Waals surface area contributed by atoms with Crippen molar-refractivity contribution in [2.45, 2.75) is 0 Å². The van der Waals surface area contributed by atoms with E-state index in [2.05, 4.69) is 15.7 Å². The van der Waals surface area contributed by atoms with Gasteiger partial charge in [-0.15, -0.1) is 0 Å². The molecule has 1 aromatic heterocycles. The Morgan fingerprint density at radius 3 is 2.93 bits per heavy atom. The van der Waals surface area contributed by atoms with Crippen LogP contribution in [0.25, 0.3) is 0 Å². The third-order valence-electron chi connectivity index (χ3n) is 1.82. The predicted molar refractivity (Wildman–Crippen MR) is 56.4 cm³/mol. The molecule has 1 heterocycles. The normalized spacial score (nSPS) is 10.4. The Morgan fingerprint density at radius 2 is 2.29 bits per heavy atom. The Hall–Kier alpha value is -1.07. The van der Waals surface area contributed by atoms with E-state index in [0.717, 1.165) is 31.9 Å². The summed E-state index contributed by atoms with van der Waals surface area (Å²) in [7, 11) is 3.61. The molecule has 80 valence electrons. The fourth-order valence-corrected chi connectivity index (χ4v) is 1.11. The van der Waals surface area contributed by atoms with Crippen LogP contribution < -0.4 is 10.6 Å². The van der Waals surface area contributed by atoms with Gasteiger partial charge in [0.05, 0.1) is 18.5 Å². The lowest BCUT2D eigenvalue weighted by Gasteiger charge is -2.04. The number of ether oxygens (including phenoxy) is 1. The topological polar surface area (TPSA) is 51.1 Å². The van der Waals surface area contributed by atoms with Crippen LogP contribution in [-0.2, 0) is 11.8 Å². The van der Waals surface area contributed by atoms with Crippen LogP contribution in [0.3, 0.4) is 0 Å². The summed E-state index contributed by atoms with van der Waals surface area (Å²) in [5, 5.41) is 10.6. The Kier molecular flexibility index (Phi) is 5.03. The largest absolute Gasteiger partial charge is 0.383 e. The summed E-state index contributed by atoms with van der Waals surface area (Å²) in [5.74, 6) is 0. The summed E-state index contributed by atoms with van der Waals surface area (Å²) in [4.78, 5) is 0. The minimum atomic E-state index is 0.757. The highest BCUT2D eigenvalue weighted by Gasteiger charge is 1.93. The molecule has 0 saturated carbocycles. The highest BCUT2D eigenvalue weighted by molar-refractivity contribution is 5.37. The third-order valence-corrected chi connectivity index (χ3v) is 1.82. The van der Waals surface area contributed by atoms with Crippen LogP contribution in [0, 0.1) is 0 Å². The summed E-state index contributed by atoms with van der Waals surface area (Å²) < 4.78 is 6.69. The Morgan fingerprint density at radius 1 is 1.43 bits per heavy atom. The van der Waals surface area contributed by atoms with Gasteiger partial charge in [0.2, 0.25) is 0 Å². The van der Waals surface area contributed by atoms with Gasteiger partial charge in [-0.2, -0.15) is 5.10 Å². The van der Waals surface area contributed by atoms with Gasteiger partial charge in [-0.05, 0) is 0 Å². The molecular weight excluding hydrogens is 180 g/mol. The summed E-state index contributed by atoms with van der Waals surface area (Å²) >= 11 is 0. The maximum atomic E-state index is 4.91. The fraction of sp³-hybridized carbons (Fsp3) is 0.667. The smallest absolute Gasteiger partial charge is 0.0726 e. The van der Waals surface area contributed by atoms with E-state index in [-0.39, 0.29) is 0 Å². The van der Waals surface area contributed by atoms with E-state index >= 15 is 0 Å². The van der Waals surface area contributed by atoms with Crippen LogP contribution in [0.15, 0.2) is 12.4 Å². The van der Waals surface area contributed by atoms with Gasteiger partial charge in [0.25, 0.3) is 0 Å². The number of aryl methyl sites for hydroxylation is 1. The average Bonchev–Trinajstić information content (AvgIpc) is 2.58. The van der Waals surface area contributed by atoms with Crippen molar-refractivity contribution < 1.29 is 4.74 Å². The van der Waals surface area contributed by atoms with Crippen molar-refractivity contribution in [3.63, 3.8) is 0 Å². The van der Waals surface area contributed by atoms with Crippen LogP contribution >= 0.6 is 0 Å². The Balaban J connectivity index is 1.99. The quantitative estimate of drug-likeness (QED) is 0.609. The molecule has 5 heteroatoms. The molecule has 0 aromatic carbocycles. The predicted octanol–water partition coefficient (Wildman–Crippen LogP) is 0.0680. The zero-order valence-electron chi connectivity index (χ0n) is 8.79. The summed E-state index contributed by atoms with van der Waals surface area (Å²) in [6.45, 7) is 3.48. The van der Waals surface area contributed by atoms with E-state index in [9.17, 15) is 0 Å². The third kappa shape index (κ3) is 4.25. The summed E-state index contributed by atoms with van der Waals surface area (Å²) in [5.41, 5.74) is 1.06. The molecule has 0 aliphatic carbocycles. The van der Waals surface area contributed by atoms with Gasteiger partial charge in [0, 0.05) is 40.0 Å². The monoisotopic (exact) mass is 198 g/mol. The molecule has 2 N–H and O–H groups in total. The molecule has 0 saturated heterocycles. The minimum absolute atomic E-state index is 0.757. The number of anilines is 1. The molecule has 0 bridgehead atoms. The van der Waals surface area contributed by atoms with Crippen molar-refractivity contribution in [1.82, 2.24) is 15.1 Å². The molecule has 0 aliphatic heterocycles. The van der Waals surface area contributed by atoms with Crippen LogP contribution in [0.5, 0.6) is 0 Å². The van der Waals surface area contributed by atoms with Crippen LogP contribution in [-0.4, -0.2) is 43.1 Å². The van der Waals surface area contributed by atoms with Gasteiger partial charge >= 0.3 is 0 Å². The summed E-state index contributed by atoms with van der Waals surface area (Å²) in [6.07, 6.45) is 3.77. The lowest BCUT2D eigenvalue weighted by Crippen LogP contribution is -2.25. The number of nitrogens with one attached hydrogen (secondary N) is 2. The minimum Gasteiger partial charge on any atom is -0.383 e. The van der Waals surface area contributed by atoms with Crippen LogP contribution in [0.4, 0.5) is 5.69 Å². The molecule has 0 unspecified atom stereocenters. The number of methoxy groups -OCH3 is 1. The molecule has 0 amide bonds. The maximum Gasteiger partial charge on any atom is 0.0726 e. The summed E-state index contributed by atoms with van der Waals surface area (Å²) in [6, 6.07) is 0. The van der Waals surface area contributed by atoms with E-state index < -0.39 is 0 Å². The van der Waals surface area contributed by atoms with Gasteiger partial charge in [-0.1, -0.05) is 0 Å². The van der Waals surface area contributed by atoms with Crippen molar-refractivity contribution >= 4 is 5.69 Å². The first-order chi connectivity index (χ1) is 6.83. The number of hydrogen-bond acceptors (Lipinski definition) is 4. The molecule has 0 fully saturated rings. The second-order valence-corrected chi connectivity index (χ2v) is 3.07. The van der Waals surface area contributed by atoms with Crippen LogP contribution in [0.2, 0.25) is 0 Å². The van der Waals surface area contributed by atoms with E-state index in [0.29, 0.717) is 0 Å². The van der Waals surface area contributed by atoms with E-state index in [1.807, 2.05) is 19.4 Å². The molecule has 0 aliphatic rings. The Bertz CT molecular complexity index is 249. The van der Waals surface area contributed by atoms with Crippen LogP contribution in [0.1, 0.15) is 0 Å². The van der Waals surface area contributed by atoms with Gasteiger partial charge in [-0.25, -0.2) is 0 Å². The first-order valence-electron chi connectivity index (χ1n) is 4.75. The number of nitrogens with zero attached hydrogens (tertiary/aromatic N) is 2. The number of rotatable bonds is 7. The van der Waals surface area contributed by atoms with Crippen molar-refractivity contribution in [3.05, 3.63) is 12.4 Å². The van der Waals surface area contributed by atoms with Crippen molar-refractivity contribution in [3.8, 4) is 0 Å².